The zero-order valence-electron chi connectivity index (χ0n) is 9.56. The van der Waals surface area contributed by atoms with Gasteiger partial charge in [0.1, 0.15) is 5.82 Å². The average Bonchev–Trinajstić information content (AvgIpc) is 3.05. The van der Waals surface area contributed by atoms with Crippen molar-refractivity contribution >= 4 is 27.7 Å². The summed E-state index contributed by atoms with van der Waals surface area (Å²) in [5, 5.41) is 3.44. The maximum Gasteiger partial charge on any atom is 0.221 e. The number of nitrogens with zero attached hydrogens (tertiary/aromatic N) is 3. The van der Waals surface area contributed by atoms with Gasteiger partial charge < -0.3 is 11.1 Å². The maximum atomic E-state index is 5.59. The number of halogens is 1. The molecule has 1 saturated carbocycles. The van der Waals surface area contributed by atoms with E-state index in [4.69, 9.17) is 5.73 Å². The molecule has 17 heavy (non-hydrogen) atoms. The van der Waals surface area contributed by atoms with Gasteiger partial charge >= 0.3 is 0 Å². The molecule has 5 nitrogen and oxygen atoms in total. The third kappa shape index (κ3) is 2.52. The molecular weight excluding hydrogens is 282 g/mol. The van der Waals surface area contributed by atoms with Crippen molar-refractivity contribution in [1.82, 2.24) is 14.9 Å². The molecule has 6 heteroatoms. The lowest BCUT2D eigenvalue weighted by atomic mass is 10.2. The first kappa shape index (κ1) is 11.2. The summed E-state index contributed by atoms with van der Waals surface area (Å²) in [5.41, 5.74) is 5.59. The van der Waals surface area contributed by atoms with Crippen molar-refractivity contribution in [2.45, 2.75) is 31.3 Å². The van der Waals surface area contributed by atoms with Gasteiger partial charge in [-0.05, 0) is 35.2 Å². The van der Waals surface area contributed by atoms with Gasteiger partial charge in [-0.1, -0.05) is 0 Å². The molecule has 2 aliphatic rings. The molecule has 0 spiro atoms. The molecule has 3 rings (SSSR count). The second kappa shape index (κ2) is 4.42. The molecule has 1 aromatic rings. The fourth-order valence-corrected chi connectivity index (χ4v) is 2.66. The van der Waals surface area contributed by atoms with Crippen molar-refractivity contribution < 1.29 is 0 Å². The van der Waals surface area contributed by atoms with E-state index in [0.717, 1.165) is 22.9 Å². The number of nitrogens with one attached hydrogen (secondary N) is 1. The van der Waals surface area contributed by atoms with Crippen LogP contribution < -0.4 is 11.1 Å². The number of rotatable bonds is 3. The summed E-state index contributed by atoms with van der Waals surface area (Å²) < 4.78 is 0.872. The molecule has 1 atom stereocenters. The van der Waals surface area contributed by atoms with Gasteiger partial charge in [-0.3, -0.25) is 4.90 Å². The summed E-state index contributed by atoms with van der Waals surface area (Å²) >= 11 is 3.44. The number of hydrogen-bond donors (Lipinski definition) is 2. The van der Waals surface area contributed by atoms with Crippen LogP contribution in [0.4, 0.5) is 11.8 Å². The zero-order chi connectivity index (χ0) is 11.8. The van der Waals surface area contributed by atoms with E-state index in [-0.39, 0.29) is 0 Å². The maximum absolute atomic E-state index is 5.59. The fourth-order valence-electron chi connectivity index (χ4n) is 2.35. The lowest BCUT2D eigenvalue weighted by molar-refractivity contribution is 0.326. The SMILES string of the molecule is Nc1ncc(Br)c(NC2CCN(C3CC3)C2)n1. The Morgan fingerprint density at radius 3 is 3.00 bits per heavy atom. The van der Waals surface area contributed by atoms with Crippen LogP contribution in [0.3, 0.4) is 0 Å². The van der Waals surface area contributed by atoms with Crippen molar-refractivity contribution in [2.75, 3.05) is 24.1 Å². The highest BCUT2D eigenvalue weighted by Gasteiger charge is 2.34. The second-order valence-electron chi connectivity index (χ2n) is 4.78. The van der Waals surface area contributed by atoms with Crippen molar-refractivity contribution in [3.63, 3.8) is 0 Å². The normalized spacial score (nSPS) is 25.1. The van der Waals surface area contributed by atoms with Crippen LogP contribution in [0, 0.1) is 0 Å². The molecular formula is C11H16BrN5. The molecule has 2 heterocycles. The highest BCUT2D eigenvalue weighted by atomic mass is 79.9. The number of anilines is 2. The molecule has 1 saturated heterocycles. The number of nitrogens with two attached hydrogens (primary N) is 1. The Morgan fingerprint density at radius 1 is 1.41 bits per heavy atom. The smallest absolute Gasteiger partial charge is 0.221 e. The van der Waals surface area contributed by atoms with Crippen molar-refractivity contribution in [1.29, 1.82) is 0 Å². The van der Waals surface area contributed by atoms with Crippen LogP contribution in [0.25, 0.3) is 0 Å². The van der Waals surface area contributed by atoms with Crippen LogP contribution in [0.5, 0.6) is 0 Å². The predicted octanol–water partition coefficient (Wildman–Crippen LogP) is 1.47. The molecule has 1 aliphatic heterocycles. The number of likely N-dealkylation sites (tertiary alicyclic amines) is 1. The van der Waals surface area contributed by atoms with Gasteiger partial charge in [0, 0.05) is 31.4 Å². The number of hydrogen-bond acceptors (Lipinski definition) is 5. The van der Waals surface area contributed by atoms with Crippen LogP contribution in [-0.2, 0) is 0 Å². The van der Waals surface area contributed by atoms with Crippen LogP contribution in [0.2, 0.25) is 0 Å². The van der Waals surface area contributed by atoms with E-state index < -0.39 is 0 Å². The van der Waals surface area contributed by atoms with Gasteiger partial charge in [-0.25, -0.2) is 4.98 Å². The van der Waals surface area contributed by atoms with E-state index in [9.17, 15) is 0 Å². The van der Waals surface area contributed by atoms with Gasteiger partial charge in [0.05, 0.1) is 4.47 Å². The Bertz CT molecular complexity index is 420. The van der Waals surface area contributed by atoms with Crippen molar-refractivity contribution in [3.05, 3.63) is 10.7 Å². The minimum absolute atomic E-state index is 0.313. The molecule has 92 valence electrons. The predicted molar refractivity (Wildman–Crippen MR) is 70.8 cm³/mol. The second-order valence-corrected chi connectivity index (χ2v) is 5.64. The Kier molecular flexibility index (Phi) is 2.92. The molecule has 0 amide bonds. The van der Waals surface area contributed by atoms with Crippen LogP contribution in [-0.4, -0.2) is 40.0 Å². The minimum Gasteiger partial charge on any atom is -0.368 e. The quantitative estimate of drug-likeness (QED) is 0.884. The molecule has 3 N–H and O–H groups in total. The van der Waals surface area contributed by atoms with Crippen LogP contribution in [0.15, 0.2) is 10.7 Å². The van der Waals surface area contributed by atoms with Crippen molar-refractivity contribution in [3.8, 4) is 0 Å². The monoisotopic (exact) mass is 297 g/mol. The van der Waals surface area contributed by atoms with E-state index in [2.05, 4.69) is 36.1 Å². The Balaban J connectivity index is 1.64. The number of aromatic nitrogens is 2. The third-order valence-corrected chi connectivity index (χ3v) is 3.97. The molecule has 0 radical (unpaired) electrons. The molecule has 0 bridgehead atoms. The van der Waals surface area contributed by atoms with Gasteiger partial charge in [0.2, 0.25) is 5.95 Å². The largest absolute Gasteiger partial charge is 0.368 e. The highest BCUT2D eigenvalue weighted by molar-refractivity contribution is 9.10. The summed E-state index contributed by atoms with van der Waals surface area (Å²) in [6.07, 6.45) is 5.61. The standard InChI is InChI=1S/C11H16BrN5/c12-9-5-14-11(13)16-10(9)15-7-3-4-17(6-7)8-1-2-8/h5,7-8H,1-4,6H2,(H3,13,14,15,16). The zero-order valence-corrected chi connectivity index (χ0v) is 11.2. The summed E-state index contributed by atoms with van der Waals surface area (Å²) in [7, 11) is 0. The molecule has 1 unspecified atom stereocenters. The van der Waals surface area contributed by atoms with E-state index in [1.165, 1.54) is 25.8 Å². The Labute approximate surface area is 109 Å². The van der Waals surface area contributed by atoms with Gasteiger partial charge in [0.15, 0.2) is 0 Å². The number of nitrogen functional groups attached to an aromatic ring is 1. The molecule has 0 aromatic carbocycles. The summed E-state index contributed by atoms with van der Waals surface area (Å²) in [4.78, 5) is 10.7. The van der Waals surface area contributed by atoms with E-state index in [1.54, 1.807) is 6.20 Å². The lowest BCUT2D eigenvalue weighted by Crippen LogP contribution is -2.28. The summed E-state index contributed by atoms with van der Waals surface area (Å²) in [5.74, 6) is 1.12. The summed E-state index contributed by atoms with van der Waals surface area (Å²) in [6.45, 7) is 2.31. The molecule has 1 aliphatic carbocycles. The average molecular weight is 298 g/mol. The van der Waals surface area contributed by atoms with Crippen LogP contribution >= 0.6 is 15.9 Å². The third-order valence-electron chi connectivity index (χ3n) is 3.39. The van der Waals surface area contributed by atoms with Crippen LogP contribution in [0.1, 0.15) is 19.3 Å². The first-order valence-electron chi connectivity index (χ1n) is 6.01. The minimum atomic E-state index is 0.313. The first-order chi connectivity index (χ1) is 8.22. The van der Waals surface area contributed by atoms with Crippen molar-refractivity contribution in [2.24, 2.45) is 0 Å². The summed E-state index contributed by atoms with van der Waals surface area (Å²) in [6, 6.07) is 1.32. The van der Waals surface area contributed by atoms with Gasteiger partial charge in [-0.15, -0.1) is 0 Å². The van der Waals surface area contributed by atoms with E-state index in [0.29, 0.717) is 12.0 Å². The Hall–Kier alpha value is -0.880. The van der Waals surface area contributed by atoms with Gasteiger partial charge in [-0.2, -0.15) is 4.98 Å². The lowest BCUT2D eigenvalue weighted by Gasteiger charge is -2.16. The highest BCUT2D eigenvalue weighted by Crippen LogP contribution is 2.31. The first-order valence-corrected chi connectivity index (χ1v) is 6.80. The Morgan fingerprint density at radius 2 is 2.24 bits per heavy atom. The van der Waals surface area contributed by atoms with Gasteiger partial charge in [0.25, 0.3) is 0 Å². The van der Waals surface area contributed by atoms with E-state index in [1.807, 2.05) is 0 Å². The molecule has 1 aromatic heterocycles. The molecule has 2 fully saturated rings. The van der Waals surface area contributed by atoms with E-state index >= 15 is 0 Å². The fraction of sp³-hybridized carbons (Fsp3) is 0.636. The topological polar surface area (TPSA) is 67.1 Å².